The number of carbonyl (C=O) groups is 1. The van der Waals surface area contributed by atoms with Crippen molar-refractivity contribution >= 4 is 34.7 Å². The van der Waals surface area contributed by atoms with Crippen molar-refractivity contribution in [3.8, 4) is 0 Å². The van der Waals surface area contributed by atoms with Crippen LogP contribution in [0.5, 0.6) is 0 Å². The lowest BCUT2D eigenvalue weighted by Gasteiger charge is -2.08. The molecule has 2 aromatic heterocycles. The van der Waals surface area contributed by atoms with Crippen molar-refractivity contribution in [3.63, 3.8) is 0 Å². The van der Waals surface area contributed by atoms with Gasteiger partial charge in [-0.05, 0) is 37.3 Å². The average molecular weight is 294 g/mol. The molecule has 0 saturated carbocycles. The summed E-state index contributed by atoms with van der Waals surface area (Å²) in [6.45, 7) is 0. The molecule has 0 radical (unpaired) electrons. The summed E-state index contributed by atoms with van der Waals surface area (Å²) in [5, 5.41) is 3.04. The highest BCUT2D eigenvalue weighted by Gasteiger charge is 2.17. The summed E-state index contributed by atoms with van der Waals surface area (Å²) >= 11 is 7.23. The van der Waals surface area contributed by atoms with Crippen molar-refractivity contribution < 1.29 is 4.79 Å². The van der Waals surface area contributed by atoms with E-state index < -0.39 is 0 Å². The number of aromatic nitrogens is 2. The molecule has 0 atom stereocenters. The van der Waals surface area contributed by atoms with Gasteiger partial charge in [0.05, 0.1) is 17.3 Å². The number of rotatable bonds is 2. The van der Waals surface area contributed by atoms with E-state index in [0.29, 0.717) is 11.0 Å². The molecule has 6 heteroatoms. The molecular formula is C13H12ClN3OS. The third kappa shape index (κ3) is 2.77. The number of nitrogens with zero attached hydrogens (tertiary/aromatic N) is 2. The zero-order chi connectivity index (χ0) is 13.2. The van der Waals surface area contributed by atoms with Gasteiger partial charge < -0.3 is 5.32 Å². The lowest BCUT2D eigenvalue weighted by Crippen LogP contribution is -2.11. The van der Waals surface area contributed by atoms with Crippen LogP contribution in [0.15, 0.2) is 18.5 Å². The van der Waals surface area contributed by atoms with Gasteiger partial charge in [0.25, 0.3) is 5.91 Å². The van der Waals surface area contributed by atoms with Crippen LogP contribution in [-0.4, -0.2) is 15.9 Å². The normalized spacial score (nSPS) is 13.9. The second kappa shape index (κ2) is 5.27. The summed E-state index contributed by atoms with van der Waals surface area (Å²) in [5.74, 6) is 0.289. The zero-order valence-electron chi connectivity index (χ0n) is 10.1. The van der Waals surface area contributed by atoms with Crippen molar-refractivity contribution in [2.75, 3.05) is 5.32 Å². The van der Waals surface area contributed by atoms with E-state index in [9.17, 15) is 4.79 Å². The molecule has 0 unspecified atom stereocenters. The topological polar surface area (TPSA) is 54.9 Å². The SMILES string of the molecule is O=C(Nc1cnc(Cl)cn1)c1cc2c(s1)CCCC2. The van der Waals surface area contributed by atoms with Crippen molar-refractivity contribution in [1.29, 1.82) is 0 Å². The first-order chi connectivity index (χ1) is 9.22. The Balaban J connectivity index is 1.76. The lowest BCUT2D eigenvalue weighted by molar-refractivity contribution is 0.103. The first-order valence-electron chi connectivity index (χ1n) is 6.13. The predicted molar refractivity (Wildman–Crippen MR) is 76.0 cm³/mol. The van der Waals surface area contributed by atoms with Crippen LogP contribution in [0.3, 0.4) is 0 Å². The molecular weight excluding hydrogens is 282 g/mol. The van der Waals surface area contributed by atoms with Crippen LogP contribution in [0.2, 0.25) is 5.15 Å². The molecule has 2 heterocycles. The molecule has 1 N–H and O–H groups in total. The molecule has 0 spiro atoms. The number of aryl methyl sites for hydroxylation is 2. The monoisotopic (exact) mass is 293 g/mol. The molecule has 0 fully saturated rings. The number of hydrogen-bond donors (Lipinski definition) is 1. The van der Waals surface area contributed by atoms with Crippen LogP contribution in [0.25, 0.3) is 0 Å². The Morgan fingerprint density at radius 1 is 1.26 bits per heavy atom. The maximum atomic E-state index is 12.1. The van der Waals surface area contributed by atoms with Crippen LogP contribution >= 0.6 is 22.9 Å². The minimum absolute atomic E-state index is 0.129. The van der Waals surface area contributed by atoms with E-state index >= 15 is 0 Å². The molecule has 1 aliphatic rings. The van der Waals surface area contributed by atoms with Crippen molar-refractivity contribution in [3.05, 3.63) is 38.9 Å². The van der Waals surface area contributed by atoms with Gasteiger partial charge in [0.15, 0.2) is 5.82 Å². The van der Waals surface area contributed by atoms with Gasteiger partial charge in [-0.1, -0.05) is 11.6 Å². The molecule has 0 aromatic carbocycles. The molecule has 4 nitrogen and oxygen atoms in total. The Labute approximate surface area is 119 Å². The first-order valence-corrected chi connectivity index (χ1v) is 7.32. The third-order valence-corrected chi connectivity index (χ3v) is 4.51. The maximum Gasteiger partial charge on any atom is 0.266 e. The van der Waals surface area contributed by atoms with Crippen LogP contribution in [0, 0.1) is 0 Å². The summed E-state index contributed by atoms with van der Waals surface area (Å²) in [6.07, 6.45) is 7.48. The lowest BCUT2D eigenvalue weighted by atomic mass is 9.99. The molecule has 98 valence electrons. The van der Waals surface area contributed by atoms with E-state index in [1.165, 1.54) is 35.7 Å². The summed E-state index contributed by atoms with van der Waals surface area (Å²) in [5.41, 5.74) is 1.32. The first kappa shape index (κ1) is 12.6. The quantitative estimate of drug-likeness (QED) is 0.924. The third-order valence-electron chi connectivity index (χ3n) is 3.08. The Kier molecular flexibility index (Phi) is 3.48. The van der Waals surface area contributed by atoms with Crippen LogP contribution < -0.4 is 5.32 Å². The van der Waals surface area contributed by atoms with Gasteiger partial charge in [0.1, 0.15) is 5.15 Å². The Morgan fingerprint density at radius 2 is 2.11 bits per heavy atom. The number of halogens is 1. The van der Waals surface area contributed by atoms with Crippen molar-refractivity contribution in [2.24, 2.45) is 0 Å². The van der Waals surface area contributed by atoms with Crippen LogP contribution in [0.1, 0.15) is 33.0 Å². The van der Waals surface area contributed by atoms with Gasteiger partial charge in [-0.15, -0.1) is 11.3 Å². The fourth-order valence-corrected chi connectivity index (χ4v) is 3.40. The average Bonchev–Trinajstić information content (AvgIpc) is 2.85. The van der Waals surface area contributed by atoms with Crippen molar-refractivity contribution in [2.45, 2.75) is 25.7 Å². The summed E-state index contributed by atoms with van der Waals surface area (Å²) in [7, 11) is 0. The Bertz CT molecular complexity index is 585. The van der Waals surface area contributed by atoms with Crippen LogP contribution in [-0.2, 0) is 12.8 Å². The second-order valence-electron chi connectivity index (χ2n) is 4.44. The molecule has 0 bridgehead atoms. The van der Waals surface area contributed by atoms with E-state index in [-0.39, 0.29) is 5.91 Å². The van der Waals surface area contributed by atoms with E-state index in [4.69, 9.17) is 11.6 Å². The van der Waals surface area contributed by atoms with E-state index in [2.05, 4.69) is 15.3 Å². The van der Waals surface area contributed by atoms with Crippen LogP contribution in [0.4, 0.5) is 5.82 Å². The largest absolute Gasteiger partial charge is 0.305 e. The number of anilines is 1. The van der Waals surface area contributed by atoms with E-state index in [1.807, 2.05) is 6.07 Å². The molecule has 19 heavy (non-hydrogen) atoms. The van der Waals surface area contributed by atoms with Gasteiger partial charge in [-0.25, -0.2) is 9.97 Å². The predicted octanol–water partition coefficient (Wildman–Crippen LogP) is 3.32. The number of fused-ring (bicyclic) bond motifs is 1. The molecule has 3 rings (SSSR count). The summed E-state index contributed by atoms with van der Waals surface area (Å²) in [4.78, 5) is 22.1. The second-order valence-corrected chi connectivity index (χ2v) is 5.97. The molecule has 1 aliphatic carbocycles. The molecule has 0 saturated heterocycles. The minimum atomic E-state index is -0.129. The fourth-order valence-electron chi connectivity index (χ4n) is 2.16. The summed E-state index contributed by atoms with van der Waals surface area (Å²) in [6, 6.07) is 2.00. The number of carbonyl (C=O) groups excluding carboxylic acids is 1. The smallest absolute Gasteiger partial charge is 0.266 e. The highest BCUT2D eigenvalue weighted by Crippen LogP contribution is 2.29. The molecule has 2 aromatic rings. The number of nitrogens with one attached hydrogen (secondary N) is 1. The molecule has 0 aliphatic heterocycles. The number of thiophene rings is 1. The van der Waals surface area contributed by atoms with Gasteiger partial charge in [0.2, 0.25) is 0 Å². The van der Waals surface area contributed by atoms with Gasteiger partial charge >= 0.3 is 0 Å². The highest BCUT2D eigenvalue weighted by atomic mass is 35.5. The minimum Gasteiger partial charge on any atom is -0.305 e. The molecule has 1 amide bonds. The maximum absolute atomic E-state index is 12.1. The highest BCUT2D eigenvalue weighted by molar-refractivity contribution is 7.14. The fraction of sp³-hybridized carbons (Fsp3) is 0.308. The number of hydrogen-bond acceptors (Lipinski definition) is 4. The Hall–Kier alpha value is -1.46. The van der Waals surface area contributed by atoms with Gasteiger partial charge in [-0.3, -0.25) is 4.79 Å². The van der Waals surface area contributed by atoms with Gasteiger partial charge in [0, 0.05) is 4.88 Å². The summed E-state index contributed by atoms with van der Waals surface area (Å²) < 4.78 is 0. The van der Waals surface area contributed by atoms with Crippen molar-refractivity contribution in [1.82, 2.24) is 9.97 Å². The van der Waals surface area contributed by atoms with Gasteiger partial charge in [-0.2, -0.15) is 0 Å². The standard InChI is InChI=1S/C13H12ClN3OS/c14-11-6-16-12(7-15-11)17-13(18)10-5-8-3-1-2-4-9(8)19-10/h5-7H,1-4H2,(H,16,17,18). The van der Waals surface area contributed by atoms with E-state index in [0.717, 1.165) is 17.7 Å². The Morgan fingerprint density at radius 3 is 2.84 bits per heavy atom. The van der Waals surface area contributed by atoms with E-state index in [1.54, 1.807) is 11.3 Å². The zero-order valence-corrected chi connectivity index (χ0v) is 11.7. The number of amides is 1.